The molecule has 0 amide bonds. The molecule has 0 radical (unpaired) electrons. The van der Waals surface area contributed by atoms with Gasteiger partial charge in [0.15, 0.2) is 0 Å². The third-order valence-corrected chi connectivity index (χ3v) is 5.25. The van der Waals surface area contributed by atoms with Crippen LogP contribution in [0.5, 0.6) is 0 Å². The van der Waals surface area contributed by atoms with Crippen LogP contribution >= 0.6 is 0 Å². The van der Waals surface area contributed by atoms with Crippen molar-refractivity contribution in [2.45, 2.75) is 44.9 Å². The van der Waals surface area contributed by atoms with Crippen molar-refractivity contribution in [3.8, 4) is 0 Å². The van der Waals surface area contributed by atoms with E-state index in [2.05, 4.69) is 9.80 Å². The molecule has 0 spiro atoms. The molecule has 2 aliphatic rings. The van der Waals surface area contributed by atoms with Gasteiger partial charge in [0.2, 0.25) is 0 Å². The molecule has 0 aromatic heterocycles. The van der Waals surface area contributed by atoms with Gasteiger partial charge >= 0.3 is 0 Å². The van der Waals surface area contributed by atoms with Crippen LogP contribution in [-0.2, 0) is 0 Å². The van der Waals surface area contributed by atoms with Gasteiger partial charge in [0, 0.05) is 26.2 Å². The van der Waals surface area contributed by atoms with Crippen molar-refractivity contribution in [1.82, 2.24) is 9.80 Å². The predicted molar refractivity (Wildman–Crippen MR) is 83.8 cm³/mol. The van der Waals surface area contributed by atoms with Gasteiger partial charge in [-0.3, -0.25) is 4.90 Å². The van der Waals surface area contributed by atoms with Crippen molar-refractivity contribution in [2.75, 3.05) is 52.4 Å². The summed E-state index contributed by atoms with van der Waals surface area (Å²) < 4.78 is 0. The zero-order chi connectivity index (χ0) is 14.3. The van der Waals surface area contributed by atoms with Gasteiger partial charge in [-0.15, -0.1) is 0 Å². The smallest absolute Gasteiger partial charge is 0.0558 e. The lowest BCUT2D eigenvalue weighted by atomic mass is 9.80. The van der Waals surface area contributed by atoms with Gasteiger partial charge in [-0.05, 0) is 44.3 Å². The van der Waals surface area contributed by atoms with Crippen LogP contribution in [0.3, 0.4) is 0 Å². The molecule has 1 aliphatic heterocycles. The lowest BCUT2D eigenvalue weighted by molar-refractivity contribution is 0.136. The molecule has 1 heterocycles. The minimum atomic E-state index is 0.284. The van der Waals surface area contributed by atoms with E-state index in [4.69, 9.17) is 10.8 Å². The predicted octanol–water partition coefficient (Wildman–Crippen LogP) is 1.29. The van der Waals surface area contributed by atoms with Crippen LogP contribution in [0.15, 0.2) is 0 Å². The van der Waals surface area contributed by atoms with Crippen LogP contribution in [0, 0.1) is 5.41 Å². The summed E-state index contributed by atoms with van der Waals surface area (Å²) in [6.45, 7) is 7.72. The molecule has 4 heteroatoms. The highest BCUT2D eigenvalue weighted by atomic mass is 16.3. The van der Waals surface area contributed by atoms with Gasteiger partial charge in [-0.25, -0.2) is 0 Å². The Hall–Kier alpha value is -0.160. The Labute approximate surface area is 124 Å². The van der Waals surface area contributed by atoms with Gasteiger partial charge in [-0.2, -0.15) is 0 Å². The SMILES string of the molecule is NCC1(CN2CCCN(CCO)CC2)CCCCCC1. The van der Waals surface area contributed by atoms with Gasteiger partial charge < -0.3 is 15.7 Å². The third-order valence-electron chi connectivity index (χ3n) is 5.25. The molecule has 0 bridgehead atoms. The van der Waals surface area contributed by atoms with Crippen LogP contribution in [-0.4, -0.2) is 67.3 Å². The second-order valence-electron chi connectivity index (χ2n) is 6.81. The van der Waals surface area contributed by atoms with E-state index in [1.807, 2.05) is 0 Å². The number of hydrogen-bond donors (Lipinski definition) is 2. The molecule has 3 N–H and O–H groups in total. The molecular weight excluding hydrogens is 250 g/mol. The van der Waals surface area contributed by atoms with E-state index < -0.39 is 0 Å². The van der Waals surface area contributed by atoms with Crippen molar-refractivity contribution in [2.24, 2.45) is 11.1 Å². The van der Waals surface area contributed by atoms with Crippen molar-refractivity contribution < 1.29 is 5.11 Å². The largest absolute Gasteiger partial charge is 0.395 e. The van der Waals surface area contributed by atoms with Crippen LogP contribution in [0.4, 0.5) is 0 Å². The van der Waals surface area contributed by atoms with Gasteiger partial charge in [-0.1, -0.05) is 25.7 Å². The van der Waals surface area contributed by atoms with E-state index in [-0.39, 0.29) is 6.61 Å². The monoisotopic (exact) mass is 283 g/mol. The average molecular weight is 283 g/mol. The molecule has 1 aliphatic carbocycles. The molecule has 4 nitrogen and oxygen atoms in total. The second kappa shape index (κ2) is 8.32. The van der Waals surface area contributed by atoms with E-state index in [0.717, 1.165) is 32.7 Å². The lowest BCUT2D eigenvalue weighted by Gasteiger charge is -2.37. The quantitative estimate of drug-likeness (QED) is 0.747. The maximum atomic E-state index is 9.08. The lowest BCUT2D eigenvalue weighted by Crippen LogP contribution is -2.44. The Morgan fingerprint density at radius 1 is 0.850 bits per heavy atom. The summed E-state index contributed by atoms with van der Waals surface area (Å²) in [5, 5.41) is 9.08. The fraction of sp³-hybridized carbons (Fsp3) is 1.00. The first-order valence-electron chi connectivity index (χ1n) is 8.54. The molecule has 0 unspecified atom stereocenters. The third kappa shape index (κ3) is 4.69. The molecule has 0 aromatic carbocycles. The first kappa shape index (κ1) is 16.2. The molecule has 0 atom stereocenters. The average Bonchev–Trinajstić information content (AvgIpc) is 2.82. The molecular formula is C16H33N3O. The Morgan fingerprint density at radius 2 is 1.50 bits per heavy atom. The summed E-state index contributed by atoms with van der Waals surface area (Å²) in [6, 6.07) is 0. The number of aliphatic hydroxyl groups is 1. The summed E-state index contributed by atoms with van der Waals surface area (Å²) in [4.78, 5) is 5.03. The summed E-state index contributed by atoms with van der Waals surface area (Å²) in [5.41, 5.74) is 6.55. The van der Waals surface area contributed by atoms with Crippen molar-refractivity contribution in [3.05, 3.63) is 0 Å². The number of rotatable bonds is 5. The number of hydrogen-bond acceptors (Lipinski definition) is 4. The van der Waals surface area contributed by atoms with Crippen LogP contribution in [0.25, 0.3) is 0 Å². The van der Waals surface area contributed by atoms with Crippen molar-refractivity contribution in [3.63, 3.8) is 0 Å². The zero-order valence-corrected chi connectivity index (χ0v) is 13.0. The highest BCUT2D eigenvalue weighted by Crippen LogP contribution is 2.35. The van der Waals surface area contributed by atoms with E-state index >= 15 is 0 Å². The summed E-state index contributed by atoms with van der Waals surface area (Å²) in [5.74, 6) is 0. The molecule has 1 saturated heterocycles. The summed E-state index contributed by atoms with van der Waals surface area (Å²) in [6.07, 6.45) is 9.38. The highest BCUT2D eigenvalue weighted by molar-refractivity contribution is 4.86. The van der Waals surface area contributed by atoms with Gasteiger partial charge in [0.05, 0.1) is 6.61 Å². The minimum Gasteiger partial charge on any atom is -0.395 e. The maximum Gasteiger partial charge on any atom is 0.0558 e. The maximum absolute atomic E-state index is 9.08. The number of nitrogens with zero attached hydrogens (tertiary/aromatic N) is 2. The highest BCUT2D eigenvalue weighted by Gasteiger charge is 2.32. The van der Waals surface area contributed by atoms with Gasteiger partial charge in [0.25, 0.3) is 0 Å². The van der Waals surface area contributed by atoms with E-state index in [0.29, 0.717) is 5.41 Å². The summed E-state index contributed by atoms with van der Waals surface area (Å²) in [7, 11) is 0. The Kier molecular flexibility index (Phi) is 6.75. The Morgan fingerprint density at radius 3 is 2.15 bits per heavy atom. The normalized spacial score (nSPS) is 26.1. The second-order valence-corrected chi connectivity index (χ2v) is 6.81. The topological polar surface area (TPSA) is 52.7 Å². The molecule has 118 valence electrons. The molecule has 2 fully saturated rings. The van der Waals surface area contributed by atoms with Crippen LogP contribution < -0.4 is 5.73 Å². The van der Waals surface area contributed by atoms with Crippen molar-refractivity contribution >= 4 is 0 Å². The zero-order valence-electron chi connectivity index (χ0n) is 13.0. The van der Waals surface area contributed by atoms with Crippen molar-refractivity contribution in [1.29, 1.82) is 0 Å². The first-order valence-corrected chi connectivity index (χ1v) is 8.54. The molecule has 20 heavy (non-hydrogen) atoms. The Balaban J connectivity index is 1.87. The molecule has 2 rings (SSSR count). The number of nitrogens with two attached hydrogens (primary N) is 1. The fourth-order valence-electron chi connectivity index (χ4n) is 3.93. The van der Waals surface area contributed by atoms with Gasteiger partial charge in [0.1, 0.15) is 0 Å². The fourth-order valence-corrected chi connectivity index (χ4v) is 3.93. The van der Waals surface area contributed by atoms with Crippen LogP contribution in [0.2, 0.25) is 0 Å². The van der Waals surface area contributed by atoms with E-state index in [1.54, 1.807) is 0 Å². The standard InChI is InChI=1S/C16H33N3O/c17-14-16(6-3-1-2-4-7-16)15-19-9-5-8-18(10-11-19)12-13-20/h20H,1-15,17H2. The van der Waals surface area contributed by atoms with Crippen LogP contribution in [0.1, 0.15) is 44.9 Å². The van der Waals surface area contributed by atoms with E-state index in [9.17, 15) is 0 Å². The first-order chi connectivity index (χ1) is 9.78. The number of aliphatic hydroxyl groups excluding tert-OH is 1. The molecule has 0 aromatic rings. The molecule has 1 saturated carbocycles. The Bertz CT molecular complexity index is 264. The minimum absolute atomic E-state index is 0.284. The number of β-amino-alcohol motifs (C(OH)–C–C–N with tert-alkyl or cyclic N) is 1. The van der Waals surface area contributed by atoms with E-state index in [1.165, 1.54) is 58.0 Å². The summed E-state index contributed by atoms with van der Waals surface area (Å²) >= 11 is 0.